The van der Waals surface area contributed by atoms with Gasteiger partial charge in [-0.1, -0.05) is 19.9 Å². The molecule has 0 unspecified atom stereocenters. The summed E-state index contributed by atoms with van der Waals surface area (Å²) in [7, 11) is 0. The first-order chi connectivity index (χ1) is 10.6. The van der Waals surface area contributed by atoms with Crippen LogP contribution in [-0.2, 0) is 4.79 Å². The Morgan fingerprint density at radius 1 is 1.14 bits per heavy atom. The number of carbonyl (C=O) groups excluding carboxylic acids is 2. The number of pyridine rings is 2. The fourth-order valence-electron chi connectivity index (χ4n) is 2.48. The quantitative estimate of drug-likeness (QED) is 0.876. The van der Waals surface area contributed by atoms with Gasteiger partial charge in [0.1, 0.15) is 5.69 Å². The van der Waals surface area contributed by atoms with Crippen molar-refractivity contribution in [3.8, 4) is 0 Å². The summed E-state index contributed by atoms with van der Waals surface area (Å²) in [6, 6.07) is 6.48. The van der Waals surface area contributed by atoms with Crippen molar-refractivity contribution in [3.05, 3.63) is 46.4 Å². The number of aryl methyl sites for hydroxylation is 1. The second kappa shape index (κ2) is 6.43. The van der Waals surface area contributed by atoms with E-state index in [0.717, 1.165) is 5.52 Å². The first-order valence-corrected chi connectivity index (χ1v) is 7.30. The van der Waals surface area contributed by atoms with Crippen LogP contribution in [0.5, 0.6) is 0 Å². The SMILES string of the molecule is CC.Cc1c(N2CCC(=O)NC2=O)c(=O)cc2ccccn12. The molecule has 0 aromatic carbocycles. The Kier molecular flexibility index (Phi) is 4.60. The maximum Gasteiger partial charge on any atom is 0.328 e. The van der Waals surface area contributed by atoms with Crippen molar-refractivity contribution in [3.63, 3.8) is 0 Å². The fraction of sp³-hybridized carbons (Fsp3) is 0.312. The monoisotopic (exact) mass is 301 g/mol. The van der Waals surface area contributed by atoms with Crippen LogP contribution in [0.25, 0.3) is 5.52 Å². The van der Waals surface area contributed by atoms with Gasteiger partial charge in [-0.3, -0.25) is 19.8 Å². The molecule has 1 aliphatic heterocycles. The number of anilines is 1. The summed E-state index contributed by atoms with van der Waals surface area (Å²) in [4.78, 5) is 36.7. The standard InChI is InChI=1S/C14H13N3O3.C2H6/c1-9-13(17-7-5-12(19)15-14(17)20)11(18)8-10-4-2-3-6-16(9)10;1-2/h2-4,6,8H,5,7H2,1H3,(H,15,19,20);1-2H3. The molecular formula is C16H19N3O3. The van der Waals surface area contributed by atoms with E-state index in [4.69, 9.17) is 0 Å². The van der Waals surface area contributed by atoms with Crippen LogP contribution in [-0.4, -0.2) is 22.9 Å². The van der Waals surface area contributed by atoms with Crippen LogP contribution in [0.4, 0.5) is 10.5 Å². The van der Waals surface area contributed by atoms with Crippen molar-refractivity contribution in [2.75, 3.05) is 11.4 Å². The van der Waals surface area contributed by atoms with Crippen molar-refractivity contribution < 1.29 is 9.59 Å². The fourth-order valence-corrected chi connectivity index (χ4v) is 2.48. The molecule has 0 saturated carbocycles. The molecule has 0 radical (unpaired) electrons. The van der Waals surface area contributed by atoms with Gasteiger partial charge in [0.25, 0.3) is 0 Å². The number of carbonyl (C=O) groups is 2. The van der Waals surface area contributed by atoms with Gasteiger partial charge in [0.05, 0.1) is 0 Å². The third kappa shape index (κ3) is 2.72. The Balaban J connectivity index is 0.000000847. The Labute approximate surface area is 128 Å². The van der Waals surface area contributed by atoms with E-state index in [2.05, 4.69) is 5.32 Å². The first-order valence-electron chi connectivity index (χ1n) is 7.30. The lowest BCUT2D eigenvalue weighted by Gasteiger charge is -2.27. The highest BCUT2D eigenvalue weighted by molar-refractivity contribution is 6.05. The van der Waals surface area contributed by atoms with Crippen LogP contribution < -0.4 is 15.6 Å². The number of nitrogens with zero attached hydrogens (tertiary/aromatic N) is 2. The second-order valence-corrected chi connectivity index (χ2v) is 4.69. The van der Waals surface area contributed by atoms with Crippen molar-refractivity contribution in [2.45, 2.75) is 27.2 Å². The average Bonchev–Trinajstić information content (AvgIpc) is 2.51. The van der Waals surface area contributed by atoms with Crippen molar-refractivity contribution in [2.24, 2.45) is 0 Å². The number of imide groups is 1. The minimum absolute atomic E-state index is 0.197. The Morgan fingerprint density at radius 3 is 2.55 bits per heavy atom. The van der Waals surface area contributed by atoms with E-state index in [0.29, 0.717) is 11.4 Å². The molecule has 3 rings (SSSR count). The second-order valence-electron chi connectivity index (χ2n) is 4.69. The predicted molar refractivity (Wildman–Crippen MR) is 85.3 cm³/mol. The molecule has 3 heterocycles. The van der Waals surface area contributed by atoms with E-state index in [1.54, 1.807) is 6.92 Å². The van der Waals surface area contributed by atoms with Gasteiger partial charge in [-0.25, -0.2) is 4.79 Å². The zero-order valence-electron chi connectivity index (χ0n) is 12.9. The molecule has 0 aliphatic carbocycles. The number of nitrogens with one attached hydrogen (secondary N) is 1. The first kappa shape index (κ1) is 15.8. The summed E-state index contributed by atoms with van der Waals surface area (Å²) >= 11 is 0. The zero-order chi connectivity index (χ0) is 16.3. The van der Waals surface area contributed by atoms with Gasteiger partial charge in [-0.15, -0.1) is 0 Å². The van der Waals surface area contributed by atoms with E-state index in [1.807, 2.05) is 42.6 Å². The van der Waals surface area contributed by atoms with Crippen LogP contribution in [0.2, 0.25) is 0 Å². The van der Waals surface area contributed by atoms with Crippen LogP contribution in [0.15, 0.2) is 35.3 Å². The number of urea groups is 1. The van der Waals surface area contributed by atoms with Gasteiger partial charge in [-0.2, -0.15) is 0 Å². The number of aromatic nitrogens is 1. The largest absolute Gasteiger partial charge is 0.328 e. The van der Waals surface area contributed by atoms with Gasteiger partial charge < -0.3 is 4.40 Å². The van der Waals surface area contributed by atoms with Gasteiger partial charge in [-0.05, 0) is 19.1 Å². The third-order valence-electron chi connectivity index (χ3n) is 3.43. The lowest BCUT2D eigenvalue weighted by molar-refractivity contribution is -0.120. The number of fused-ring (bicyclic) bond motifs is 1. The van der Waals surface area contributed by atoms with Gasteiger partial charge >= 0.3 is 6.03 Å². The van der Waals surface area contributed by atoms with E-state index in [1.165, 1.54) is 11.0 Å². The van der Waals surface area contributed by atoms with Gasteiger partial charge in [0.2, 0.25) is 11.3 Å². The highest BCUT2D eigenvalue weighted by atomic mass is 16.2. The van der Waals surface area contributed by atoms with Crippen molar-refractivity contribution in [1.82, 2.24) is 9.72 Å². The molecule has 0 spiro atoms. The van der Waals surface area contributed by atoms with Crippen LogP contribution in [0.3, 0.4) is 0 Å². The lowest BCUT2D eigenvalue weighted by atomic mass is 10.2. The summed E-state index contributed by atoms with van der Waals surface area (Å²) in [6.07, 6.45) is 2.03. The molecule has 1 N–H and O–H groups in total. The van der Waals surface area contributed by atoms with Gasteiger partial charge in [0, 0.05) is 36.4 Å². The molecule has 1 aliphatic rings. The van der Waals surface area contributed by atoms with E-state index < -0.39 is 6.03 Å². The minimum atomic E-state index is -0.544. The average molecular weight is 301 g/mol. The molecule has 6 heteroatoms. The summed E-state index contributed by atoms with van der Waals surface area (Å²) in [5.74, 6) is -0.315. The number of amides is 3. The van der Waals surface area contributed by atoms with Crippen molar-refractivity contribution in [1.29, 1.82) is 0 Å². The molecule has 22 heavy (non-hydrogen) atoms. The molecule has 0 atom stereocenters. The van der Waals surface area contributed by atoms with Crippen LogP contribution in [0, 0.1) is 6.92 Å². The molecule has 2 aromatic heterocycles. The summed E-state index contributed by atoms with van der Waals surface area (Å²) in [6.45, 7) is 6.01. The molecule has 116 valence electrons. The van der Waals surface area contributed by atoms with E-state index in [9.17, 15) is 14.4 Å². The van der Waals surface area contributed by atoms with Gasteiger partial charge in [0.15, 0.2) is 0 Å². The maximum atomic E-state index is 12.3. The summed E-state index contributed by atoms with van der Waals surface area (Å²) in [5.41, 5.74) is 1.54. The van der Waals surface area contributed by atoms with Crippen LogP contribution in [0.1, 0.15) is 26.0 Å². The smallest absolute Gasteiger partial charge is 0.319 e. The Hall–Kier alpha value is -2.63. The molecule has 3 amide bonds. The summed E-state index contributed by atoms with van der Waals surface area (Å²) in [5, 5.41) is 2.23. The van der Waals surface area contributed by atoms with Crippen LogP contribution >= 0.6 is 0 Å². The predicted octanol–water partition coefficient (Wildman–Crippen LogP) is 2.08. The topological polar surface area (TPSA) is 70.9 Å². The number of rotatable bonds is 1. The third-order valence-corrected chi connectivity index (χ3v) is 3.43. The highest BCUT2D eigenvalue weighted by Crippen LogP contribution is 2.19. The molecular weight excluding hydrogens is 282 g/mol. The molecule has 1 fully saturated rings. The maximum absolute atomic E-state index is 12.3. The Morgan fingerprint density at radius 2 is 1.86 bits per heavy atom. The highest BCUT2D eigenvalue weighted by Gasteiger charge is 2.27. The Bertz CT molecular complexity index is 780. The van der Waals surface area contributed by atoms with Crippen molar-refractivity contribution >= 4 is 23.1 Å². The zero-order valence-corrected chi connectivity index (χ0v) is 12.9. The summed E-state index contributed by atoms with van der Waals surface area (Å²) < 4.78 is 1.85. The lowest BCUT2D eigenvalue weighted by Crippen LogP contribution is -2.51. The molecule has 6 nitrogen and oxygen atoms in total. The molecule has 2 aromatic rings. The number of hydrogen-bond donors (Lipinski definition) is 1. The van der Waals surface area contributed by atoms with E-state index in [-0.39, 0.29) is 24.3 Å². The van der Waals surface area contributed by atoms with E-state index >= 15 is 0 Å². The number of hydrogen-bond acceptors (Lipinski definition) is 3. The molecule has 1 saturated heterocycles. The normalized spacial score (nSPS) is 14.4. The minimum Gasteiger partial charge on any atom is -0.319 e. The molecule has 0 bridgehead atoms.